The molecule has 3 rings (SSSR count). The van der Waals surface area contributed by atoms with Crippen LogP contribution in [0.5, 0.6) is 0 Å². The predicted octanol–water partition coefficient (Wildman–Crippen LogP) is 7.06. The first kappa shape index (κ1) is 18.0. The van der Waals surface area contributed by atoms with Crippen LogP contribution in [-0.4, -0.2) is 0 Å². The number of rotatable bonds is 2. The molecule has 0 amide bonds. The zero-order chi connectivity index (χ0) is 18.9. The molecule has 0 aliphatic rings. The first-order chi connectivity index (χ1) is 12.1. The lowest BCUT2D eigenvalue weighted by Gasteiger charge is -2.10. The topological polar surface area (TPSA) is 0 Å². The van der Waals surface area contributed by atoms with Gasteiger partial charge in [0.25, 0.3) is 0 Å². The smallest absolute Gasteiger partial charge is 0.166 e. The van der Waals surface area contributed by atoms with Crippen molar-refractivity contribution in [2.45, 2.75) is 12.4 Å². The van der Waals surface area contributed by atoms with Gasteiger partial charge in [0.15, 0.2) is 0 Å². The fraction of sp³-hybridized carbons (Fsp3) is 0.100. The van der Waals surface area contributed by atoms with Gasteiger partial charge in [-0.05, 0) is 52.6 Å². The molecule has 3 aromatic carbocycles. The van der Waals surface area contributed by atoms with Crippen molar-refractivity contribution in [3.63, 3.8) is 0 Å². The second-order valence-corrected chi connectivity index (χ2v) is 5.73. The summed E-state index contributed by atoms with van der Waals surface area (Å²) >= 11 is 0. The van der Waals surface area contributed by atoms with Gasteiger partial charge in [-0.2, -0.15) is 26.3 Å². The highest BCUT2D eigenvalue weighted by atomic mass is 19.4. The molecule has 0 unspecified atom stereocenters. The molecule has 0 radical (unpaired) electrons. The summed E-state index contributed by atoms with van der Waals surface area (Å²) in [6.45, 7) is 0. The molecule has 0 fully saturated rings. The zero-order valence-corrected chi connectivity index (χ0v) is 13.2. The first-order valence-electron chi connectivity index (χ1n) is 7.60. The van der Waals surface area contributed by atoms with E-state index < -0.39 is 23.5 Å². The Balaban J connectivity index is 1.91. The summed E-state index contributed by atoms with van der Waals surface area (Å²) in [5.74, 6) is 0. The van der Waals surface area contributed by atoms with Crippen LogP contribution in [0.25, 0.3) is 22.3 Å². The van der Waals surface area contributed by atoms with Crippen molar-refractivity contribution in [3.05, 3.63) is 83.9 Å². The highest BCUT2D eigenvalue weighted by Crippen LogP contribution is 2.33. The van der Waals surface area contributed by atoms with Gasteiger partial charge in [0, 0.05) is 0 Å². The molecule has 0 aliphatic carbocycles. The van der Waals surface area contributed by atoms with Crippen LogP contribution in [0.3, 0.4) is 0 Å². The molecule has 0 atom stereocenters. The molecule has 0 aromatic heterocycles. The molecule has 26 heavy (non-hydrogen) atoms. The molecule has 6 heteroatoms. The van der Waals surface area contributed by atoms with Crippen molar-refractivity contribution < 1.29 is 26.3 Å². The van der Waals surface area contributed by atoms with Crippen LogP contribution in [-0.2, 0) is 12.4 Å². The minimum absolute atomic E-state index is 0.590. The summed E-state index contributed by atoms with van der Waals surface area (Å²) in [6.07, 6.45) is -8.80. The number of alkyl halides is 6. The van der Waals surface area contributed by atoms with E-state index in [2.05, 4.69) is 0 Å². The van der Waals surface area contributed by atoms with Gasteiger partial charge in [-0.3, -0.25) is 0 Å². The van der Waals surface area contributed by atoms with Crippen LogP contribution in [0.1, 0.15) is 11.1 Å². The minimum atomic E-state index is -4.40. The lowest BCUT2D eigenvalue weighted by Crippen LogP contribution is -2.04. The number of halogens is 6. The molecule has 0 nitrogen and oxygen atoms in total. The standard InChI is InChI=1S/C20H12F6/c21-19(22,23)17-8-4-13(5-9-17)15-2-1-3-16(12-15)14-6-10-18(11-7-14)20(24,25)26/h1-12H. The molecule has 0 heterocycles. The second kappa shape index (κ2) is 6.52. The summed E-state index contributed by atoms with van der Waals surface area (Å²) in [6, 6.07) is 16.4. The molecule has 0 spiro atoms. The van der Waals surface area contributed by atoms with Crippen LogP contribution in [0.4, 0.5) is 26.3 Å². The Bertz CT molecular complexity index is 815. The van der Waals surface area contributed by atoms with E-state index >= 15 is 0 Å². The molecule has 0 saturated carbocycles. The van der Waals surface area contributed by atoms with Gasteiger partial charge in [-0.15, -0.1) is 0 Å². The molecule has 3 aromatic rings. The largest absolute Gasteiger partial charge is 0.416 e. The van der Waals surface area contributed by atoms with Crippen LogP contribution in [0, 0.1) is 0 Å². The monoisotopic (exact) mass is 366 g/mol. The average molecular weight is 366 g/mol. The van der Waals surface area contributed by atoms with Gasteiger partial charge >= 0.3 is 12.4 Å². The van der Waals surface area contributed by atoms with Crippen LogP contribution in [0.15, 0.2) is 72.8 Å². The SMILES string of the molecule is FC(F)(F)c1ccc(-c2cccc(-c3ccc(C(F)(F)F)cc3)c2)cc1. The maximum absolute atomic E-state index is 12.6. The lowest BCUT2D eigenvalue weighted by molar-refractivity contribution is -0.138. The van der Waals surface area contributed by atoms with Crippen molar-refractivity contribution in [2.75, 3.05) is 0 Å². The fourth-order valence-corrected chi connectivity index (χ4v) is 2.58. The quantitative estimate of drug-likeness (QED) is 0.426. The molecule has 0 aliphatic heterocycles. The Kier molecular flexibility index (Phi) is 4.52. The van der Waals surface area contributed by atoms with Gasteiger partial charge in [0.05, 0.1) is 11.1 Å². The summed E-state index contributed by atoms with van der Waals surface area (Å²) in [7, 11) is 0. The lowest BCUT2D eigenvalue weighted by atomic mass is 9.98. The Morgan fingerprint density at radius 3 is 1.08 bits per heavy atom. The Morgan fingerprint density at radius 2 is 0.769 bits per heavy atom. The molecule has 0 bridgehead atoms. The van der Waals surface area contributed by atoms with E-state index in [4.69, 9.17) is 0 Å². The second-order valence-electron chi connectivity index (χ2n) is 5.73. The molecular weight excluding hydrogens is 354 g/mol. The van der Waals surface area contributed by atoms with Gasteiger partial charge in [0.2, 0.25) is 0 Å². The third-order valence-corrected chi connectivity index (χ3v) is 3.95. The normalized spacial score (nSPS) is 12.2. The molecular formula is C20H12F6. The number of hydrogen-bond donors (Lipinski definition) is 0. The van der Waals surface area contributed by atoms with Crippen molar-refractivity contribution in [3.8, 4) is 22.3 Å². The van der Waals surface area contributed by atoms with Crippen molar-refractivity contribution in [2.24, 2.45) is 0 Å². The van der Waals surface area contributed by atoms with E-state index in [1.165, 1.54) is 24.3 Å². The Hall–Kier alpha value is -2.76. The van der Waals surface area contributed by atoms with E-state index in [0.29, 0.717) is 22.3 Å². The van der Waals surface area contributed by atoms with Gasteiger partial charge in [-0.1, -0.05) is 42.5 Å². The van der Waals surface area contributed by atoms with E-state index in [1.807, 2.05) is 0 Å². The number of benzene rings is 3. The third-order valence-electron chi connectivity index (χ3n) is 3.95. The van der Waals surface area contributed by atoms with E-state index in [-0.39, 0.29) is 0 Å². The minimum Gasteiger partial charge on any atom is -0.166 e. The van der Waals surface area contributed by atoms with Crippen molar-refractivity contribution in [1.29, 1.82) is 0 Å². The van der Waals surface area contributed by atoms with Crippen LogP contribution in [0.2, 0.25) is 0 Å². The Labute approximate surface area is 145 Å². The van der Waals surface area contributed by atoms with E-state index in [9.17, 15) is 26.3 Å². The first-order valence-corrected chi connectivity index (χ1v) is 7.60. The highest BCUT2D eigenvalue weighted by molar-refractivity contribution is 5.73. The Morgan fingerprint density at radius 1 is 0.423 bits per heavy atom. The summed E-state index contributed by atoms with van der Waals surface area (Å²) in [5.41, 5.74) is 1.06. The molecule has 134 valence electrons. The zero-order valence-electron chi connectivity index (χ0n) is 13.2. The highest BCUT2D eigenvalue weighted by Gasteiger charge is 2.30. The van der Waals surface area contributed by atoms with Crippen LogP contribution < -0.4 is 0 Å². The number of hydrogen-bond acceptors (Lipinski definition) is 0. The summed E-state index contributed by atoms with van der Waals surface area (Å²) in [4.78, 5) is 0. The molecule has 0 saturated heterocycles. The van der Waals surface area contributed by atoms with E-state index in [1.54, 1.807) is 24.3 Å². The maximum Gasteiger partial charge on any atom is 0.416 e. The third kappa shape index (κ3) is 3.90. The van der Waals surface area contributed by atoms with Gasteiger partial charge < -0.3 is 0 Å². The fourth-order valence-electron chi connectivity index (χ4n) is 2.58. The molecule has 0 N–H and O–H groups in total. The summed E-state index contributed by atoms with van der Waals surface area (Å²) in [5, 5.41) is 0. The van der Waals surface area contributed by atoms with Gasteiger partial charge in [-0.25, -0.2) is 0 Å². The summed E-state index contributed by atoms with van der Waals surface area (Å²) < 4.78 is 75.9. The van der Waals surface area contributed by atoms with E-state index in [0.717, 1.165) is 24.3 Å². The van der Waals surface area contributed by atoms with Crippen molar-refractivity contribution >= 4 is 0 Å². The van der Waals surface area contributed by atoms with Crippen LogP contribution >= 0.6 is 0 Å². The average Bonchev–Trinajstić information content (AvgIpc) is 2.61. The predicted molar refractivity (Wildman–Crippen MR) is 87.3 cm³/mol. The van der Waals surface area contributed by atoms with Gasteiger partial charge in [0.1, 0.15) is 0 Å². The van der Waals surface area contributed by atoms with Crippen molar-refractivity contribution in [1.82, 2.24) is 0 Å². The maximum atomic E-state index is 12.6.